The number of carbonyl (C=O) groups excluding carboxylic acids is 2. The molecule has 2 atom stereocenters. The third-order valence-corrected chi connectivity index (χ3v) is 5.68. The van der Waals surface area contributed by atoms with Gasteiger partial charge in [0.1, 0.15) is 6.10 Å². The second-order valence-corrected chi connectivity index (χ2v) is 7.50. The molecule has 3 aliphatic heterocycles. The predicted molar refractivity (Wildman–Crippen MR) is 97.9 cm³/mol. The van der Waals surface area contributed by atoms with Crippen LogP contribution < -0.4 is 9.47 Å². The standard InChI is InChI=1S/C19H26N4O5/c1-26-16-9-20-10-17(21-16)28-15-2-5-22(12-15)19(25)13-8-18(24)23(11-13)14-3-6-27-7-4-14/h9-10,13-15H,2-8,11-12H2,1H3. The molecule has 3 fully saturated rings. The van der Waals surface area contributed by atoms with Crippen LogP contribution in [0.5, 0.6) is 11.8 Å². The quantitative estimate of drug-likeness (QED) is 0.722. The zero-order chi connectivity index (χ0) is 19.5. The van der Waals surface area contributed by atoms with Crippen LogP contribution in [0.15, 0.2) is 12.4 Å². The van der Waals surface area contributed by atoms with Gasteiger partial charge in [-0.3, -0.25) is 14.6 Å². The molecule has 1 aromatic rings. The molecule has 1 aromatic heterocycles. The van der Waals surface area contributed by atoms with Gasteiger partial charge < -0.3 is 24.0 Å². The normalized spacial score (nSPS) is 26.0. The molecule has 0 aliphatic carbocycles. The van der Waals surface area contributed by atoms with Crippen LogP contribution in [-0.2, 0) is 14.3 Å². The molecule has 152 valence electrons. The number of carbonyl (C=O) groups is 2. The highest BCUT2D eigenvalue weighted by atomic mass is 16.5. The van der Waals surface area contributed by atoms with Crippen molar-refractivity contribution in [1.82, 2.24) is 19.8 Å². The van der Waals surface area contributed by atoms with E-state index in [0.29, 0.717) is 51.0 Å². The second kappa shape index (κ2) is 8.30. The van der Waals surface area contributed by atoms with Gasteiger partial charge in [-0.25, -0.2) is 0 Å². The predicted octanol–water partition coefficient (Wildman–Crippen LogP) is 0.492. The first-order chi connectivity index (χ1) is 13.6. The number of likely N-dealkylation sites (tertiary alicyclic amines) is 2. The van der Waals surface area contributed by atoms with Crippen molar-refractivity contribution in [3.63, 3.8) is 0 Å². The van der Waals surface area contributed by atoms with Gasteiger partial charge in [0.2, 0.25) is 23.6 Å². The van der Waals surface area contributed by atoms with Crippen molar-refractivity contribution in [3.05, 3.63) is 12.4 Å². The van der Waals surface area contributed by atoms with Crippen LogP contribution in [0.3, 0.4) is 0 Å². The molecule has 28 heavy (non-hydrogen) atoms. The van der Waals surface area contributed by atoms with E-state index < -0.39 is 0 Å². The Hall–Kier alpha value is -2.42. The number of aromatic nitrogens is 2. The summed E-state index contributed by atoms with van der Waals surface area (Å²) in [6.45, 7) is 3.02. The molecule has 3 aliphatic rings. The van der Waals surface area contributed by atoms with E-state index in [0.717, 1.165) is 19.3 Å². The molecule has 4 rings (SSSR count). The van der Waals surface area contributed by atoms with Crippen molar-refractivity contribution in [3.8, 4) is 11.8 Å². The summed E-state index contributed by atoms with van der Waals surface area (Å²) < 4.78 is 16.3. The Bertz CT molecular complexity index is 724. The average Bonchev–Trinajstić information content (AvgIpc) is 3.35. The van der Waals surface area contributed by atoms with Crippen LogP contribution in [0, 0.1) is 5.92 Å². The third-order valence-electron chi connectivity index (χ3n) is 5.68. The van der Waals surface area contributed by atoms with Crippen molar-refractivity contribution in [1.29, 1.82) is 0 Å². The van der Waals surface area contributed by atoms with Crippen LogP contribution in [0.25, 0.3) is 0 Å². The van der Waals surface area contributed by atoms with Crippen molar-refractivity contribution in [2.45, 2.75) is 37.8 Å². The van der Waals surface area contributed by atoms with E-state index in [9.17, 15) is 9.59 Å². The van der Waals surface area contributed by atoms with E-state index in [2.05, 4.69) is 9.97 Å². The fourth-order valence-corrected chi connectivity index (χ4v) is 4.19. The summed E-state index contributed by atoms with van der Waals surface area (Å²) in [6, 6.07) is 0.209. The highest BCUT2D eigenvalue weighted by Gasteiger charge is 2.41. The van der Waals surface area contributed by atoms with Crippen LogP contribution in [0.1, 0.15) is 25.7 Å². The van der Waals surface area contributed by atoms with Crippen LogP contribution in [0.2, 0.25) is 0 Å². The maximum atomic E-state index is 12.9. The molecule has 0 radical (unpaired) electrons. The smallest absolute Gasteiger partial charge is 0.235 e. The Labute approximate surface area is 164 Å². The van der Waals surface area contributed by atoms with E-state index >= 15 is 0 Å². The highest BCUT2D eigenvalue weighted by Crippen LogP contribution is 2.28. The Kier molecular flexibility index (Phi) is 5.61. The topological polar surface area (TPSA) is 94.1 Å². The van der Waals surface area contributed by atoms with Gasteiger partial charge in [0.15, 0.2) is 0 Å². The van der Waals surface area contributed by atoms with Gasteiger partial charge in [0.25, 0.3) is 0 Å². The summed E-state index contributed by atoms with van der Waals surface area (Å²) in [5.41, 5.74) is 0. The molecule has 2 unspecified atom stereocenters. The van der Waals surface area contributed by atoms with E-state index in [1.807, 2.05) is 9.80 Å². The van der Waals surface area contributed by atoms with E-state index in [1.54, 1.807) is 0 Å². The zero-order valence-corrected chi connectivity index (χ0v) is 16.1. The number of ether oxygens (including phenoxy) is 3. The minimum absolute atomic E-state index is 0.0470. The molecule has 0 N–H and O–H groups in total. The monoisotopic (exact) mass is 390 g/mol. The SMILES string of the molecule is COc1cncc(OC2CCN(C(=O)C3CC(=O)N(C4CCOCC4)C3)C2)n1. The molecule has 2 amide bonds. The van der Waals surface area contributed by atoms with Gasteiger partial charge in [0, 0.05) is 45.2 Å². The molecule has 9 nitrogen and oxygen atoms in total. The lowest BCUT2D eigenvalue weighted by molar-refractivity contribution is -0.135. The highest BCUT2D eigenvalue weighted by molar-refractivity contribution is 5.89. The lowest BCUT2D eigenvalue weighted by atomic mass is 10.1. The molecular formula is C19H26N4O5. The first-order valence-corrected chi connectivity index (χ1v) is 9.82. The molecule has 4 heterocycles. The number of nitrogens with zero attached hydrogens (tertiary/aromatic N) is 4. The minimum atomic E-state index is -0.259. The van der Waals surface area contributed by atoms with E-state index in [1.165, 1.54) is 19.5 Å². The molecule has 0 spiro atoms. The Balaban J connectivity index is 1.31. The maximum Gasteiger partial charge on any atom is 0.235 e. The van der Waals surface area contributed by atoms with E-state index in [-0.39, 0.29) is 29.9 Å². The van der Waals surface area contributed by atoms with Gasteiger partial charge in [0.05, 0.1) is 32.0 Å². The Morgan fingerprint density at radius 3 is 2.75 bits per heavy atom. The van der Waals surface area contributed by atoms with Crippen molar-refractivity contribution in [2.24, 2.45) is 5.92 Å². The molecule has 3 saturated heterocycles. The summed E-state index contributed by atoms with van der Waals surface area (Å²) in [5.74, 6) is 0.654. The Morgan fingerprint density at radius 2 is 1.96 bits per heavy atom. The first kappa shape index (κ1) is 18.9. The number of rotatable bonds is 5. The summed E-state index contributed by atoms with van der Waals surface area (Å²) in [7, 11) is 1.52. The lowest BCUT2D eigenvalue weighted by Crippen LogP contribution is -2.42. The van der Waals surface area contributed by atoms with Crippen LogP contribution >= 0.6 is 0 Å². The first-order valence-electron chi connectivity index (χ1n) is 9.82. The summed E-state index contributed by atoms with van der Waals surface area (Å²) in [4.78, 5) is 37.3. The third kappa shape index (κ3) is 4.04. The molecular weight excluding hydrogens is 364 g/mol. The maximum absolute atomic E-state index is 12.9. The van der Waals surface area contributed by atoms with Gasteiger partial charge in [-0.2, -0.15) is 4.98 Å². The lowest BCUT2D eigenvalue weighted by Gasteiger charge is -2.31. The number of hydrogen-bond donors (Lipinski definition) is 0. The molecule has 0 bridgehead atoms. The molecule has 0 aromatic carbocycles. The number of hydrogen-bond acceptors (Lipinski definition) is 7. The zero-order valence-electron chi connectivity index (χ0n) is 16.1. The summed E-state index contributed by atoms with van der Waals surface area (Å²) in [6.07, 6.45) is 5.66. The van der Waals surface area contributed by atoms with Crippen LogP contribution in [-0.4, -0.2) is 83.7 Å². The van der Waals surface area contributed by atoms with Crippen molar-refractivity contribution in [2.75, 3.05) is 40.0 Å². The van der Waals surface area contributed by atoms with Gasteiger partial charge >= 0.3 is 0 Å². The fourth-order valence-electron chi connectivity index (χ4n) is 4.19. The van der Waals surface area contributed by atoms with Gasteiger partial charge in [-0.15, -0.1) is 0 Å². The van der Waals surface area contributed by atoms with E-state index in [4.69, 9.17) is 14.2 Å². The summed E-state index contributed by atoms with van der Waals surface area (Å²) in [5, 5.41) is 0. The fraction of sp³-hybridized carbons (Fsp3) is 0.684. The number of methoxy groups -OCH3 is 1. The largest absolute Gasteiger partial charge is 0.480 e. The van der Waals surface area contributed by atoms with Crippen molar-refractivity contribution < 1.29 is 23.8 Å². The molecule has 0 saturated carbocycles. The summed E-state index contributed by atoms with van der Waals surface area (Å²) >= 11 is 0. The number of amides is 2. The van der Waals surface area contributed by atoms with Crippen LogP contribution in [0.4, 0.5) is 0 Å². The van der Waals surface area contributed by atoms with Crippen molar-refractivity contribution >= 4 is 11.8 Å². The average molecular weight is 390 g/mol. The molecule has 9 heteroatoms. The van der Waals surface area contributed by atoms with Gasteiger partial charge in [-0.05, 0) is 12.8 Å². The van der Waals surface area contributed by atoms with Gasteiger partial charge in [-0.1, -0.05) is 0 Å². The Morgan fingerprint density at radius 1 is 1.18 bits per heavy atom. The minimum Gasteiger partial charge on any atom is -0.480 e. The second-order valence-electron chi connectivity index (χ2n) is 7.50.